The Morgan fingerprint density at radius 2 is 1.71 bits per heavy atom. The van der Waals surface area contributed by atoms with Crippen LogP contribution in [-0.4, -0.2) is 53.6 Å². The van der Waals surface area contributed by atoms with E-state index in [1.54, 1.807) is 24.3 Å². The van der Waals surface area contributed by atoms with Gasteiger partial charge in [-0.1, -0.05) is 0 Å². The molecule has 1 aromatic carbocycles. The second-order valence-corrected chi connectivity index (χ2v) is 8.13. The summed E-state index contributed by atoms with van der Waals surface area (Å²) in [5.41, 5.74) is 2.52. The topological polar surface area (TPSA) is 87.7 Å². The number of aromatic nitrogens is 2. The number of nitrogens with one attached hydrogen (secondary N) is 1. The highest BCUT2D eigenvalue weighted by Gasteiger charge is 2.40. The number of imide groups is 1. The molecular formula is C23H29N5O3. The van der Waals surface area contributed by atoms with E-state index < -0.39 is 6.04 Å². The molecule has 0 spiro atoms. The van der Waals surface area contributed by atoms with Crippen molar-refractivity contribution in [1.82, 2.24) is 15.3 Å². The first-order valence-electron chi connectivity index (χ1n) is 10.9. The lowest BCUT2D eigenvalue weighted by molar-refractivity contribution is -0.121. The van der Waals surface area contributed by atoms with Gasteiger partial charge in [-0.15, -0.1) is 0 Å². The molecule has 2 saturated heterocycles. The summed E-state index contributed by atoms with van der Waals surface area (Å²) in [5, 5.41) is 3.42. The zero-order chi connectivity index (χ0) is 22.0. The van der Waals surface area contributed by atoms with E-state index in [1.165, 1.54) is 4.90 Å². The molecule has 0 bridgehead atoms. The molecule has 4 rings (SSSR count). The Morgan fingerprint density at radius 1 is 1.06 bits per heavy atom. The number of hydrogen-bond acceptors (Lipinski definition) is 7. The number of ether oxygens (including phenoxy) is 1. The standard InChI is InChI=1S/C23H29N5O3/c1-4-31-19-7-5-18(6-8-19)28-21(29)14-20(22(28)30)26-17-9-11-27(12-10-17)23-24-15(2)13-16(3)25-23/h5-8,13,17,20,26H,4,9-12,14H2,1-3H3/t20-/m1/s1. The molecule has 0 saturated carbocycles. The Kier molecular flexibility index (Phi) is 6.18. The smallest absolute Gasteiger partial charge is 0.251 e. The predicted molar refractivity (Wildman–Crippen MR) is 118 cm³/mol. The molecule has 2 amide bonds. The van der Waals surface area contributed by atoms with E-state index in [0.717, 1.165) is 49.0 Å². The molecule has 164 valence electrons. The van der Waals surface area contributed by atoms with Crippen LogP contribution < -0.4 is 19.9 Å². The van der Waals surface area contributed by atoms with Crippen LogP contribution in [0.5, 0.6) is 5.75 Å². The number of carbonyl (C=O) groups excluding carboxylic acids is 2. The van der Waals surface area contributed by atoms with Crippen LogP contribution >= 0.6 is 0 Å². The zero-order valence-electron chi connectivity index (χ0n) is 18.3. The van der Waals surface area contributed by atoms with Crippen molar-refractivity contribution in [3.63, 3.8) is 0 Å². The van der Waals surface area contributed by atoms with Crippen LogP contribution in [0.3, 0.4) is 0 Å². The number of aryl methyl sites for hydroxylation is 2. The molecule has 8 heteroatoms. The van der Waals surface area contributed by atoms with Crippen LogP contribution in [-0.2, 0) is 9.59 Å². The number of nitrogens with zero attached hydrogens (tertiary/aromatic N) is 4. The van der Waals surface area contributed by atoms with Gasteiger partial charge in [-0.3, -0.25) is 9.59 Å². The van der Waals surface area contributed by atoms with E-state index in [1.807, 2.05) is 26.8 Å². The van der Waals surface area contributed by atoms with Crippen LogP contribution in [0, 0.1) is 13.8 Å². The first-order chi connectivity index (χ1) is 14.9. The first-order valence-corrected chi connectivity index (χ1v) is 10.9. The molecule has 2 fully saturated rings. The van der Waals surface area contributed by atoms with Gasteiger partial charge in [-0.2, -0.15) is 0 Å². The maximum atomic E-state index is 12.9. The summed E-state index contributed by atoms with van der Waals surface area (Å²) in [7, 11) is 0. The second kappa shape index (κ2) is 9.01. The Balaban J connectivity index is 1.35. The van der Waals surface area contributed by atoms with Gasteiger partial charge < -0.3 is 15.0 Å². The molecule has 1 aromatic heterocycles. The van der Waals surface area contributed by atoms with Gasteiger partial charge in [-0.05, 0) is 63.9 Å². The summed E-state index contributed by atoms with van der Waals surface area (Å²) in [4.78, 5) is 38.1. The minimum atomic E-state index is -0.479. The summed E-state index contributed by atoms with van der Waals surface area (Å²) in [6.45, 7) is 8.07. The highest BCUT2D eigenvalue weighted by molar-refractivity contribution is 6.22. The third kappa shape index (κ3) is 4.69. The fourth-order valence-corrected chi connectivity index (χ4v) is 4.27. The molecule has 2 aliphatic rings. The third-order valence-electron chi connectivity index (χ3n) is 5.74. The maximum Gasteiger partial charge on any atom is 0.251 e. The van der Waals surface area contributed by atoms with E-state index in [9.17, 15) is 9.59 Å². The van der Waals surface area contributed by atoms with Gasteiger partial charge in [0.2, 0.25) is 11.9 Å². The molecule has 31 heavy (non-hydrogen) atoms. The highest BCUT2D eigenvalue weighted by atomic mass is 16.5. The summed E-state index contributed by atoms with van der Waals surface area (Å²) in [5.74, 6) is 1.13. The van der Waals surface area contributed by atoms with Crippen molar-refractivity contribution in [2.75, 3.05) is 29.5 Å². The minimum Gasteiger partial charge on any atom is -0.494 e. The molecule has 0 aliphatic carbocycles. The first kappa shape index (κ1) is 21.2. The number of hydrogen-bond donors (Lipinski definition) is 1. The van der Waals surface area contributed by atoms with E-state index in [4.69, 9.17) is 4.74 Å². The Morgan fingerprint density at radius 3 is 2.32 bits per heavy atom. The molecule has 0 radical (unpaired) electrons. The molecule has 3 heterocycles. The van der Waals surface area contributed by atoms with Gasteiger partial charge in [0.1, 0.15) is 5.75 Å². The lowest BCUT2D eigenvalue weighted by Gasteiger charge is -2.33. The summed E-state index contributed by atoms with van der Waals surface area (Å²) in [6.07, 6.45) is 1.93. The van der Waals surface area contributed by atoms with Gasteiger partial charge >= 0.3 is 0 Å². The monoisotopic (exact) mass is 423 g/mol. The average Bonchev–Trinajstić information content (AvgIpc) is 3.02. The van der Waals surface area contributed by atoms with Crippen LogP contribution in [0.4, 0.5) is 11.6 Å². The number of anilines is 2. The number of amides is 2. The van der Waals surface area contributed by atoms with Crippen molar-refractivity contribution in [3.05, 3.63) is 41.7 Å². The van der Waals surface area contributed by atoms with Crippen molar-refractivity contribution < 1.29 is 14.3 Å². The van der Waals surface area contributed by atoms with Crippen molar-refractivity contribution >= 4 is 23.5 Å². The number of benzene rings is 1. The molecular weight excluding hydrogens is 394 g/mol. The lowest BCUT2D eigenvalue weighted by atomic mass is 10.0. The van der Waals surface area contributed by atoms with Crippen molar-refractivity contribution in [3.8, 4) is 5.75 Å². The summed E-state index contributed by atoms with van der Waals surface area (Å²) >= 11 is 0. The van der Waals surface area contributed by atoms with Crippen molar-refractivity contribution in [1.29, 1.82) is 0 Å². The predicted octanol–water partition coefficient (Wildman–Crippen LogP) is 2.38. The highest BCUT2D eigenvalue weighted by Crippen LogP contribution is 2.26. The molecule has 1 N–H and O–H groups in total. The van der Waals surface area contributed by atoms with Gasteiger partial charge in [0, 0.05) is 30.5 Å². The van der Waals surface area contributed by atoms with Crippen molar-refractivity contribution in [2.24, 2.45) is 0 Å². The van der Waals surface area contributed by atoms with Gasteiger partial charge in [-0.25, -0.2) is 14.9 Å². The zero-order valence-corrected chi connectivity index (χ0v) is 18.3. The normalized spacial score (nSPS) is 19.9. The lowest BCUT2D eigenvalue weighted by Crippen LogP contribution is -2.49. The van der Waals surface area contributed by atoms with E-state index in [0.29, 0.717) is 12.3 Å². The van der Waals surface area contributed by atoms with Crippen LogP contribution in [0.15, 0.2) is 30.3 Å². The molecule has 2 aromatic rings. The van der Waals surface area contributed by atoms with Crippen LogP contribution in [0.1, 0.15) is 37.6 Å². The molecule has 8 nitrogen and oxygen atoms in total. The van der Waals surface area contributed by atoms with Crippen LogP contribution in [0.2, 0.25) is 0 Å². The van der Waals surface area contributed by atoms with Gasteiger partial charge in [0.15, 0.2) is 0 Å². The average molecular weight is 424 g/mol. The summed E-state index contributed by atoms with van der Waals surface area (Å²) < 4.78 is 5.44. The summed E-state index contributed by atoms with van der Waals surface area (Å²) in [6, 6.07) is 8.75. The largest absolute Gasteiger partial charge is 0.494 e. The van der Waals surface area contributed by atoms with E-state index >= 15 is 0 Å². The minimum absolute atomic E-state index is 0.173. The number of carbonyl (C=O) groups is 2. The van der Waals surface area contributed by atoms with E-state index in [2.05, 4.69) is 20.2 Å². The van der Waals surface area contributed by atoms with Crippen LogP contribution in [0.25, 0.3) is 0 Å². The molecule has 2 aliphatic heterocycles. The number of piperidine rings is 1. The van der Waals surface area contributed by atoms with Crippen molar-refractivity contribution in [2.45, 2.75) is 52.1 Å². The fraction of sp³-hybridized carbons (Fsp3) is 0.478. The quantitative estimate of drug-likeness (QED) is 0.714. The molecule has 0 unspecified atom stereocenters. The SMILES string of the molecule is CCOc1ccc(N2C(=O)C[C@@H](NC3CCN(c4nc(C)cc(C)n4)CC3)C2=O)cc1. The Labute approximate surface area is 182 Å². The Hall–Kier alpha value is -3.00. The van der Waals surface area contributed by atoms with E-state index in [-0.39, 0.29) is 24.3 Å². The fourth-order valence-electron chi connectivity index (χ4n) is 4.27. The van der Waals surface area contributed by atoms with Gasteiger partial charge in [0.05, 0.1) is 24.8 Å². The van der Waals surface area contributed by atoms with Gasteiger partial charge in [0.25, 0.3) is 5.91 Å². The Bertz CT molecular complexity index is 934. The molecule has 1 atom stereocenters. The number of rotatable bonds is 6. The maximum absolute atomic E-state index is 12.9. The third-order valence-corrected chi connectivity index (χ3v) is 5.74. The second-order valence-electron chi connectivity index (χ2n) is 8.13.